The zero-order chi connectivity index (χ0) is 17.1. The number of amides is 2. The second-order valence-corrected chi connectivity index (χ2v) is 7.42. The summed E-state index contributed by atoms with van der Waals surface area (Å²) in [6.07, 6.45) is 3.45. The maximum absolute atomic E-state index is 12.4. The average Bonchev–Trinajstić information content (AvgIpc) is 3.02. The predicted octanol–water partition coefficient (Wildman–Crippen LogP) is 3.74. The van der Waals surface area contributed by atoms with Gasteiger partial charge in [0, 0.05) is 18.7 Å². The molecule has 1 aromatic heterocycles. The van der Waals surface area contributed by atoms with Crippen LogP contribution in [0.15, 0.2) is 30.3 Å². The molecule has 7 heteroatoms. The van der Waals surface area contributed by atoms with Crippen molar-refractivity contribution < 1.29 is 9.59 Å². The van der Waals surface area contributed by atoms with Crippen molar-refractivity contribution in [1.82, 2.24) is 0 Å². The Bertz CT molecular complexity index is 769. The van der Waals surface area contributed by atoms with Crippen LogP contribution < -0.4 is 16.0 Å². The van der Waals surface area contributed by atoms with Crippen molar-refractivity contribution in [2.75, 3.05) is 23.3 Å². The van der Waals surface area contributed by atoms with Crippen molar-refractivity contribution in [3.05, 3.63) is 45.1 Å². The van der Waals surface area contributed by atoms with Gasteiger partial charge in [-0.15, -0.1) is 11.3 Å². The van der Waals surface area contributed by atoms with Gasteiger partial charge in [0.15, 0.2) is 0 Å². The van der Waals surface area contributed by atoms with Gasteiger partial charge in [0.1, 0.15) is 0 Å². The van der Waals surface area contributed by atoms with Gasteiger partial charge in [0.2, 0.25) is 5.91 Å². The quantitative estimate of drug-likeness (QED) is 0.868. The first kappa shape index (κ1) is 16.8. The van der Waals surface area contributed by atoms with E-state index in [1.807, 2.05) is 6.07 Å². The van der Waals surface area contributed by atoms with Crippen LogP contribution in [0.1, 0.15) is 39.3 Å². The Balaban J connectivity index is 1.91. The van der Waals surface area contributed by atoms with E-state index in [0.29, 0.717) is 20.5 Å². The lowest BCUT2D eigenvalue weighted by Gasteiger charge is -2.30. The summed E-state index contributed by atoms with van der Waals surface area (Å²) in [6.45, 7) is 1.87. The van der Waals surface area contributed by atoms with E-state index in [4.69, 9.17) is 17.3 Å². The Morgan fingerprint density at radius 1 is 1.12 bits per heavy atom. The zero-order valence-corrected chi connectivity index (χ0v) is 14.6. The fourth-order valence-electron chi connectivity index (χ4n) is 2.82. The number of hydrogen-bond acceptors (Lipinski definition) is 4. The van der Waals surface area contributed by atoms with Gasteiger partial charge in [0.25, 0.3) is 5.91 Å². The Morgan fingerprint density at radius 3 is 2.50 bits per heavy atom. The number of nitrogens with one attached hydrogen (secondary N) is 1. The van der Waals surface area contributed by atoms with Crippen LogP contribution in [0.2, 0.25) is 4.34 Å². The van der Waals surface area contributed by atoms with Crippen molar-refractivity contribution >= 4 is 46.1 Å². The molecule has 0 radical (unpaired) electrons. The normalized spacial score (nSPS) is 14.5. The molecule has 2 heterocycles. The van der Waals surface area contributed by atoms with Crippen molar-refractivity contribution in [3.63, 3.8) is 0 Å². The molecule has 0 unspecified atom stereocenters. The lowest BCUT2D eigenvalue weighted by molar-refractivity contribution is 0.0996. The molecule has 1 aliphatic heterocycles. The van der Waals surface area contributed by atoms with E-state index in [2.05, 4.69) is 10.2 Å². The molecule has 1 saturated heterocycles. The molecule has 1 fully saturated rings. The highest BCUT2D eigenvalue weighted by molar-refractivity contribution is 7.18. The molecule has 0 saturated carbocycles. The Hall–Kier alpha value is -2.05. The number of carbonyl (C=O) groups excluding carboxylic acids is 2. The minimum Gasteiger partial charge on any atom is -0.370 e. The molecule has 2 aromatic rings. The highest BCUT2D eigenvalue weighted by Crippen LogP contribution is 2.31. The molecule has 1 aliphatic rings. The highest BCUT2D eigenvalue weighted by atomic mass is 35.5. The number of hydrogen-bond donors (Lipinski definition) is 2. The number of primary amides is 1. The second-order valence-electron chi connectivity index (χ2n) is 5.70. The molecule has 0 atom stereocenters. The van der Waals surface area contributed by atoms with Crippen molar-refractivity contribution in [1.29, 1.82) is 0 Å². The second kappa shape index (κ2) is 7.23. The summed E-state index contributed by atoms with van der Waals surface area (Å²) in [5.41, 5.74) is 7.26. The van der Waals surface area contributed by atoms with E-state index in [1.54, 1.807) is 24.3 Å². The van der Waals surface area contributed by atoms with Crippen LogP contribution in [-0.2, 0) is 0 Å². The van der Waals surface area contributed by atoms with Crippen LogP contribution in [0.3, 0.4) is 0 Å². The lowest BCUT2D eigenvalue weighted by atomic mass is 10.1. The molecule has 0 bridgehead atoms. The topological polar surface area (TPSA) is 75.4 Å². The number of rotatable bonds is 4. The molecule has 126 valence electrons. The lowest BCUT2D eigenvalue weighted by Crippen LogP contribution is -2.30. The SMILES string of the molecule is NC(=O)c1ccc(N2CCCCC2)c(NC(=O)c2ccc(Cl)s2)c1. The third-order valence-corrected chi connectivity index (χ3v) is 5.25. The molecule has 0 spiro atoms. The van der Waals surface area contributed by atoms with Crippen LogP contribution in [0, 0.1) is 0 Å². The third-order valence-electron chi connectivity index (χ3n) is 4.02. The van der Waals surface area contributed by atoms with Crippen LogP contribution >= 0.6 is 22.9 Å². The molecule has 24 heavy (non-hydrogen) atoms. The van der Waals surface area contributed by atoms with Gasteiger partial charge in [-0.05, 0) is 49.6 Å². The van der Waals surface area contributed by atoms with Crippen molar-refractivity contribution in [3.8, 4) is 0 Å². The molecule has 1 aromatic carbocycles. The summed E-state index contributed by atoms with van der Waals surface area (Å²) in [6, 6.07) is 8.55. The first-order valence-corrected chi connectivity index (χ1v) is 8.99. The van der Waals surface area contributed by atoms with E-state index in [0.717, 1.165) is 31.6 Å². The number of nitrogens with two attached hydrogens (primary N) is 1. The minimum atomic E-state index is -0.519. The molecule has 5 nitrogen and oxygen atoms in total. The number of halogens is 1. The fourth-order valence-corrected chi connectivity index (χ4v) is 3.76. The van der Waals surface area contributed by atoms with Gasteiger partial charge in [-0.1, -0.05) is 11.6 Å². The Kier molecular flexibility index (Phi) is 5.06. The van der Waals surface area contributed by atoms with E-state index >= 15 is 0 Å². The van der Waals surface area contributed by atoms with Crippen LogP contribution in [0.5, 0.6) is 0 Å². The molecule has 3 rings (SSSR count). The molecule has 3 N–H and O–H groups in total. The first-order chi connectivity index (χ1) is 11.5. The smallest absolute Gasteiger partial charge is 0.265 e. The summed E-state index contributed by atoms with van der Waals surface area (Å²) >= 11 is 7.11. The summed E-state index contributed by atoms with van der Waals surface area (Å²) in [4.78, 5) is 26.7. The van der Waals surface area contributed by atoms with Gasteiger partial charge in [-0.3, -0.25) is 9.59 Å². The first-order valence-electron chi connectivity index (χ1n) is 7.80. The van der Waals surface area contributed by atoms with Crippen LogP contribution in [0.25, 0.3) is 0 Å². The Morgan fingerprint density at radius 2 is 1.88 bits per heavy atom. The van der Waals surface area contributed by atoms with E-state index in [-0.39, 0.29) is 5.91 Å². The van der Waals surface area contributed by atoms with Crippen molar-refractivity contribution in [2.45, 2.75) is 19.3 Å². The standard InChI is InChI=1S/C17H18ClN3O2S/c18-15-7-6-14(24-15)17(23)20-12-10-11(16(19)22)4-5-13(12)21-8-2-1-3-9-21/h4-7,10H,1-3,8-9H2,(H2,19,22)(H,20,23). The number of piperidine rings is 1. The number of anilines is 2. The number of carbonyl (C=O) groups is 2. The molecular formula is C17H18ClN3O2S. The van der Waals surface area contributed by atoms with E-state index in [1.165, 1.54) is 17.8 Å². The van der Waals surface area contributed by atoms with E-state index in [9.17, 15) is 9.59 Å². The Labute approximate surface area is 149 Å². The predicted molar refractivity (Wildman–Crippen MR) is 98.3 cm³/mol. The number of benzene rings is 1. The summed E-state index contributed by atoms with van der Waals surface area (Å²) in [7, 11) is 0. The van der Waals surface area contributed by atoms with E-state index < -0.39 is 5.91 Å². The monoisotopic (exact) mass is 363 g/mol. The molecule has 2 amide bonds. The van der Waals surface area contributed by atoms with Gasteiger partial charge in [0.05, 0.1) is 20.6 Å². The third kappa shape index (κ3) is 3.71. The number of nitrogens with zero attached hydrogens (tertiary/aromatic N) is 1. The van der Waals surface area contributed by atoms with Gasteiger partial charge < -0.3 is 16.0 Å². The van der Waals surface area contributed by atoms with Crippen LogP contribution in [-0.4, -0.2) is 24.9 Å². The largest absolute Gasteiger partial charge is 0.370 e. The van der Waals surface area contributed by atoms with Gasteiger partial charge in [-0.2, -0.15) is 0 Å². The summed E-state index contributed by atoms with van der Waals surface area (Å²) in [5, 5.41) is 2.90. The summed E-state index contributed by atoms with van der Waals surface area (Å²) in [5.74, 6) is -0.762. The maximum Gasteiger partial charge on any atom is 0.265 e. The van der Waals surface area contributed by atoms with Gasteiger partial charge >= 0.3 is 0 Å². The highest BCUT2D eigenvalue weighted by Gasteiger charge is 2.18. The average molecular weight is 364 g/mol. The zero-order valence-electron chi connectivity index (χ0n) is 13.0. The summed E-state index contributed by atoms with van der Waals surface area (Å²) < 4.78 is 0.558. The van der Waals surface area contributed by atoms with Crippen molar-refractivity contribution in [2.24, 2.45) is 5.73 Å². The maximum atomic E-state index is 12.4. The van der Waals surface area contributed by atoms with Gasteiger partial charge in [-0.25, -0.2) is 0 Å². The molecular weight excluding hydrogens is 346 g/mol. The minimum absolute atomic E-state index is 0.244. The number of thiophene rings is 1. The fraction of sp³-hybridized carbons (Fsp3) is 0.294. The van der Waals surface area contributed by atoms with Crippen LogP contribution in [0.4, 0.5) is 11.4 Å². The molecule has 0 aliphatic carbocycles.